The van der Waals surface area contributed by atoms with E-state index in [2.05, 4.69) is 29.3 Å². The molecule has 0 unspecified atom stereocenters. The zero-order valence-electron chi connectivity index (χ0n) is 10.7. The molecule has 0 aromatic carbocycles. The van der Waals surface area contributed by atoms with Crippen molar-refractivity contribution in [3.63, 3.8) is 0 Å². The minimum absolute atomic E-state index is 0.470. The molecule has 5 heteroatoms. The fourth-order valence-electron chi connectivity index (χ4n) is 1.16. The molecule has 0 radical (unpaired) electrons. The Bertz CT molecular complexity index is 321. The molecule has 0 amide bonds. The highest BCUT2D eigenvalue weighted by atomic mass is 16.5. The summed E-state index contributed by atoms with van der Waals surface area (Å²) in [4.78, 5) is 4.31. The monoisotopic (exact) mass is 227 g/mol. The minimum atomic E-state index is -0.493. The maximum Gasteiger partial charge on any atom is 0.228 e. The summed E-state index contributed by atoms with van der Waals surface area (Å²) >= 11 is 0. The van der Waals surface area contributed by atoms with Gasteiger partial charge in [-0.1, -0.05) is 19.0 Å². The Morgan fingerprint density at radius 3 is 2.69 bits per heavy atom. The minimum Gasteiger partial charge on any atom is -0.371 e. The summed E-state index contributed by atoms with van der Waals surface area (Å²) in [6, 6.07) is 0.470. The Hall–Kier alpha value is -0.940. The van der Waals surface area contributed by atoms with Gasteiger partial charge < -0.3 is 14.6 Å². The summed E-state index contributed by atoms with van der Waals surface area (Å²) in [5, 5.41) is 7.21. The molecule has 0 aliphatic rings. The normalized spacial score (nSPS) is 12.4. The second-order valence-electron chi connectivity index (χ2n) is 4.58. The Morgan fingerprint density at radius 1 is 1.44 bits per heavy atom. The van der Waals surface area contributed by atoms with Gasteiger partial charge >= 0.3 is 0 Å². The zero-order chi connectivity index (χ0) is 12.2. The maximum atomic E-state index is 5.28. The van der Waals surface area contributed by atoms with Crippen molar-refractivity contribution >= 4 is 0 Å². The third kappa shape index (κ3) is 3.57. The van der Waals surface area contributed by atoms with Crippen LogP contribution < -0.4 is 5.32 Å². The second kappa shape index (κ2) is 5.41. The lowest BCUT2D eigenvalue weighted by Crippen LogP contribution is -2.25. The molecule has 16 heavy (non-hydrogen) atoms. The highest BCUT2D eigenvalue weighted by molar-refractivity contribution is 4.97. The summed E-state index contributed by atoms with van der Waals surface area (Å²) in [6.45, 7) is 8.87. The molecule has 0 spiro atoms. The topological polar surface area (TPSA) is 60.2 Å². The predicted molar refractivity (Wildman–Crippen MR) is 61.2 cm³/mol. The van der Waals surface area contributed by atoms with E-state index >= 15 is 0 Å². The van der Waals surface area contributed by atoms with Crippen LogP contribution >= 0.6 is 0 Å². The third-order valence-corrected chi connectivity index (χ3v) is 2.41. The van der Waals surface area contributed by atoms with Crippen molar-refractivity contribution in [3.8, 4) is 0 Å². The van der Waals surface area contributed by atoms with Crippen molar-refractivity contribution in [1.82, 2.24) is 15.5 Å². The lowest BCUT2D eigenvalue weighted by molar-refractivity contribution is 0.00973. The van der Waals surface area contributed by atoms with E-state index in [9.17, 15) is 0 Å². The van der Waals surface area contributed by atoms with Crippen LogP contribution in [0, 0.1) is 0 Å². The second-order valence-corrected chi connectivity index (χ2v) is 4.58. The number of hydrogen-bond acceptors (Lipinski definition) is 5. The van der Waals surface area contributed by atoms with E-state index in [0.29, 0.717) is 17.8 Å². The van der Waals surface area contributed by atoms with Crippen molar-refractivity contribution in [2.45, 2.75) is 45.8 Å². The number of ether oxygens (including phenoxy) is 1. The molecule has 0 bridgehead atoms. The Morgan fingerprint density at radius 2 is 2.12 bits per heavy atom. The van der Waals surface area contributed by atoms with Gasteiger partial charge in [0.25, 0.3) is 0 Å². The highest BCUT2D eigenvalue weighted by Gasteiger charge is 2.25. The van der Waals surface area contributed by atoms with Crippen LogP contribution in [0.5, 0.6) is 0 Å². The van der Waals surface area contributed by atoms with Crippen LogP contribution in [0.1, 0.15) is 39.4 Å². The number of aromatic nitrogens is 2. The number of hydrogen-bond donors (Lipinski definition) is 1. The van der Waals surface area contributed by atoms with E-state index in [4.69, 9.17) is 9.26 Å². The highest BCUT2D eigenvalue weighted by Crippen LogP contribution is 2.20. The Balaban J connectivity index is 2.52. The number of nitrogens with zero attached hydrogens (tertiary/aromatic N) is 2. The molecule has 0 fully saturated rings. The molecule has 0 atom stereocenters. The first-order chi connectivity index (χ1) is 7.45. The van der Waals surface area contributed by atoms with Gasteiger partial charge in [0.05, 0.1) is 0 Å². The molecular weight excluding hydrogens is 206 g/mol. The molecule has 1 N–H and O–H groups in total. The SMILES string of the molecule is COC(C)(C)c1noc(CCNC(C)C)n1. The standard InChI is InChI=1S/C11H21N3O2/c1-8(2)12-7-6-9-13-10(14-16-9)11(3,4)15-5/h8,12H,6-7H2,1-5H3. The first kappa shape index (κ1) is 13.1. The molecule has 0 saturated carbocycles. The first-order valence-corrected chi connectivity index (χ1v) is 5.57. The van der Waals surface area contributed by atoms with Gasteiger partial charge in [0.2, 0.25) is 11.7 Å². The summed E-state index contributed by atoms with van der Waals surface area (Å²) in [5.41, 5.74) is -0.493. The fraction of sp³-hybridized carbons (Fsp3) is 0.818. The van der Waals surface area contributed by atoms with Crippen LogP contribution in [0.2, 0.25) is 0 Å². The van der Waals surface area contributed by atoms with Gasteiger partial charge in [0.1, 0.15) is 5.60 Å². The lowest BCUT2D eigenvalue weighted by Gasteiger charge is -2.17. The molecule has 0 aliphatic heterocycles. The molecule has 0 saturated heterocycles. The van der Waals surface area contributed by atoms with Gasteiger partial charge in [0, 0.05) is 26.1 Å². The van der Waals surface area contributed by atoms with Gasteiger partial charge in [-0.05, 0) is 13.8 Å². The van der Waals surface area contributed by atoms with E-state index in [1.54, 1.807) is 7.11 Å². The summed E-state index contributed by atoms with van der Waals surface area (Å²) in [5.74, 6) is 1.24. The van der Waals surface area contributed by atoms with E-state index in [1.807, 2.05) is 13.8 Å². The van der Waals surface area contributed by atoms with Gasteiger partial charge in [-0.3, -0.25) is 0 Å². The van der Waals surface area contributed by atoms with E-state index in [-0.39, 0.29) is 0 Å². The average molecular weight is 227 g/mol. The molecular formula is C11H21N3O2. The van der Waals surface area contributed by atoms with Crippen LogP contribution in [-0.4, -0.2) is 29.8 Å². The van der Waals surface area contributed by atoms with Crippen molar-refractivity contribution < 1.29 is 9.26 Å². The van der Waals surface area contributed by atoms with Gasteiger partial charge in [0.15, 0.2) is 0 Å². The quantitative estimate of drug-likeness (QED) is 0.798. The van der Waals surface area contributed by atoms with Crippen molar-refractivity contribution in [2.75, 3.05) is 13.7 Å². The lowest BCUT2D eigenvalue weighted by atomic mass is 10.1. The molecule has 1 aromatic rings. The van der Waals surface area contributed by atoms with Crippen LogP contribution in [0.15, 0.2) is 4.52 Å². The summed E-state index contributed by atoms with van der Waals surface area (Å²) in [7, 11) is 1.64. The Labute approximate surface area is 96.6 Å². The fourth-order valence-corrected chi connectivity index (χ4v) is 1.16. The molecule has 0 aliphatic carbocycles. The van der Waals surface area contributed by atoms with Crippen LogP contribution in [0.3, 0.4) is 0 Å². The number of nitrogens with one attached hydrogen (secondary N) is 1. The van der Waals surface area contributed by atoms with Crippen molar-refractivity contribution in [3.05, 3.63) is 11.7 Å². The number of methoxy groups -OCH3 is 1. The van der Waals surface area contributed by atoms with Crippen LogP contribution in [-0.2, 0) is 16.8 Å². The molecule has 1 heterocycles. The van der Waals surface area contributed by atoms with Gasteiger partial charge in [-0.2, -0.15) is 4.98 Å². The van der Waals surface area contributed by atoms with Crippen molar-refractivity contribution in [2.24, 2.45) is 0 Å². The largest absolute Gasteiger partial charge is 0.371 e. The zero-order valence-corrected chi connectivity index (χ0v) is 10.7. The number of rotatable bonds is 6. The van der Waals surface area contributed by atoms with Crippen molar-refractivity contribution in [1.29, 1.82) is 0 Å². The molecule has 1 aromatic heterocycles. The maximum absolute atomic E-state index is 5.28. The first-order valence-electron chi connectivity index (χ1n) is 5.57. The smallest absolute Gasteiger partial charge is 0.228 e. The van der Waals surface area contributed by atoms with E-state index in [0.717, 1.165) is 13.0 Å². The van der Waals surface area contributed by atoms with Crippen LogP contribution in [0.4, 0.5) is 0 Å². The summed E-state index contributed by atoms with van der Waals surface area (Å²) in [6.07, 6.45) is 0.741. The van der Waals surface area contributed by atoms with E-state index in [1.165, 1.54) is 0 Å². The Kier molecular flexibility index (Phi) is 4.44. The summed E-state index contributed by atoms with van der Waals surface area (Å²) < 4.78 is 10.4. The third-order valence-electron chi connectivity index (χ3n) is 2.41. The van der Waals surface area contributed by atoms with Crippen LogP contribution in [0.25, 0.3) is 0 Å². The molecule has 5 nitrogen and oxygen atoms in total. The average Bonchev–Trinajstić information content (AvgIpc) is 2.66. The van der Waals surface area contributed by atoms with Gasteiger partial charge in [-0.25, -0.2) is 0 Å². The molecule has 1 rings (SSSR count). The molecule has 92 valence electrons. The predicted octanol–water partition coefficient (Wildman–Crippen LogP) is 1.49. The van der Waals surface area contributed by atoms with Gasteiger partial charge in [-0.15, -0.1) is 0 Å². The van der Waals surface area contributed by atoms with E-state index < -0.39 is 5.60 Å².